The zero-order valence-electron chi connectivity index (χ0n) is 10.4. The number of nitrogens with two attached hydrogens (primary N) is 1. The van der Waals surface area contributed by atoms with Gasteiger partial charge in [0.05, 0.1) is 6.61 Å². The van der Waals surface area contributed by atoms with Crippen molar-refractivity contribution in [3.8, 4) is 0 Å². The van der Waals surface area contributed by atoms with Gasteiger partial charge in [-0.05, 0) is 38.6 Å². The van der Waals surface area contributed by atoms with Gasteiger partial charge < -0.3 is 15.7 Å². The van der Waals surface area contributed by atoms with E-state index in [1.807, 2.05) is 0 Å². The van der Waals surface area contributed by atoms with Crippen LogP contribution in [0.15, 0.2) is 0 Å². The van der Waals surface area contributed by atoms with Crippen LogP contribution in [-0.4, -0.2) is 41.8 Å². The lowest BCUT2D eigenvalue weighted by Gasteiger charge is -2.41. The van der Waals surface area contributed by atoms with E-state index in [-0.39, 0.29) is 12.1 Å². The molecule has 1 saturated carbocycles. The van der Waals surface area contributed by atoms with Gasteiger partial charge in [-0.15, -0.1) is 0 Å². The Morgan fingerprint density at radius 2 is 2.20 bits per heavy atom. The van der Waals surface area contributed by atoms with Crippen molar-refractivity contribution < 1.29 is 5.11 Å². The average Bonchev–Trinajstić information content (AvgIpc) is 2.17. The second-order valence-electron chi connectivity index (χ2n) is 5.60. The lowest BCUT2D eigenvalue weighted by atomic mass is 9.79. The third-order valence-corrected chi connectivity index (χ3v) is 3.45. The van der Waals surface area contributed by atoms with E-state index in [1.165, 1.54) is 6.42 Å². The van der Waals surface area contributed by atoms with Gasteiger partial charge in [-0.1, -0.05) is 13.8 Å². The summed E-state index contributed by atoms with van der Waals surface area (Å²) in [6, 6.07) is 0.554. The smallest absolute Gasteiger partial charge is 0.0611 e. The van der Waals surface area contributed by atoms with Gasteiger partial charge in [0.25, 0.3) is 0 Å². The fourth-order valence-electron chi connectivity index (χ4n) is 2.61. The van der Waals surface area contributed by atoms with Crippen LogP contribution in [0.1, 0.15) is 39.5 Å². The van der Waals surface area contributed by atoms with Crippen molar-refractivity contribution in [2.75, 3.05) is 20.2 Å². The summed E-state index contributed by atoms with van der Waals surface area (Å²) < 4.78 is 0. The van der Waals surface area contributed by atoms with E-state index in [0.717, 1.165) is 25.8 Å². The number of aliphatic hydroxyl groups is 1. The summed E-state index contributed by atoms with van der Waals surface area (Å²) in [5.74, 6) is 0.693. The Labute approximate surface area is 93.6 Å². The Morgan fingerprint density at radius 1 is 1.53 bits per heavy atom. The van der Waals surface area contributed by atoms with E-state index in [2.05, 4.69) is 25.8 Å². The zero-order chi connectivity index (χ0) is 11.5. The van der Waals surface area contributed by atoms with E-state index in [0.29, 0.717) is 12.0 Å². The number of nitrogens with zero attached hydrogens (tertiary/aromatic N) is 1. The van der Waals surface area contributed by atoms with Crippen LogP contribution in [0.2, 0.25) is 0 Å². The topological polar surface area (TPSA) is 49.5 Å². The maximum absolute atomic E-state index is 9.29. The van der Waals surface area contributed by atoms with Gasteiger partial charge >= 0.3 is 0 Å². The van der Waals surface area contributed by atoms with Crippen LogP contribution in [0.3, 0.4) is 0 Å². The first-order valence-corrected chi connectivity index (χ1v) is 6.07. The fraction of sp³-hybridized carbons (Fsp3) is 1.00. The molecule has 0 aromatic heterocycles. The monoisotopic (exact) mass is 214 g/mol. The molecule has 0 aromatic carbocycles. The van der Waals surface area contributed by atoms with E-state index in [9.17, 15) is 5.11 Å². The van der Waals surface area contributed by atoms with Crippen LogP contribution in [-0.2, 0) is 0 Å². The van der Waals surface area contributed by atoms with E-state index >= 15 is 0 Å². The molecule has 90 valence electrons. The van der Waals surface area contributed by atoms with Gasteiger partial charge in [-0.25, -0.2) is 0 Å². The molecule has 0 bridgehead atoms. The third-order valence-electron chi connectivity index (χ3n) is 3.45. The minimum absolute atomic E-state index is 0.124. The number of hydrogen-bond acceptors (Lipinski definition) is 3. The lowest BCUT2D eigenvalue weighted by molar-refractivity contribution is 0.0892. The van der Waals surface area contributed by atoms with Crippen molar-refractivity contribution in [1.29, 1.82) is 0 Å². The maximum atomic E-state index is 9.29. The fourth-order valence-corrected chi connectivity index (χ4v) is 2.61. The average molecular weight is 214 g/mol. The summed E-state index contributed by atoms with van der Waals surface area (Å²) >= 11 is 0. The number of rotatable bonds is 4. The summed E-state index contributed by atoms with van der Waals surface area (Å²) in [7, 11) is 2.17. The molecular weight excluding hydrogens is 188 g/mol. The zero-order valence-corrected chi connectivity index (χ0v) is 10.4. The number of hydrogen-bond donors (Lipinski definition) is 2. The summed E-state index contributed by atoms with van der Waals surface area (Å²) in [6.07, 6.45) is 4.27. The van der Waals surface area contributed by atoms with Crippen molar-refractivity contribution in [3.05, 3.63) is 0 Å². The predicted octanol–water partition coefficient (Wildman–Crippen LogP) is 1.21. The molecular formula is C12H26N2O. The Bertz CT molecular complexity index is 196. The molecule has 1 aliphatic carbocycles. The van der Waals surface area contributed by atoms with Crippen LogP contribution >= 0.6 is 0 Å². The van der Waals surface area contributed by atoms with Crippen LogP contribution in [0, 0.1) is 5.92 Å². The van der Waals surface area contributed by atoms with Gasteiger partial charge in [0, 0.05) is 18.1 Å². The summed E-state index contributed by atoms with van der Waals surface area (Å²) in [5.41, 5.74) is 5.82. The molecule has 0 aromatic rings. The van der Waals surface area contributed by atoms with E-state index in [1.54, 1.807) is 0 Å². The highest BCUT2D eigenvalue weighted by Gasteiger charge is 2.33. The molecule has 15 heavy (non-hydrogen) atoms. The van der Waals surface area contributed by atoms with Crippen LogP contribution < -0.4 is 5.73 Å². The molecule has 0 amide bonds. The van der Waals surface area contributed by atoms with Crippen molar-refractivity contribution >= 4 is 0 Å². The van der Waals surface area contributed by atoms with Crippen molar-refractivity contribution in [2.24, 2.45) is 11.7 Å². The molecule has 1 aliphatic rings. The summed E-state index contributed by atoms with van der Waals surface area (Å²) in [4.78, 5) is 2.40. The molecule has 0 saturated heterocycles. The molecule has 3 heteroatoms. The minimum Gasteiger partial charge on any atom is -0.394 e. The predicted molar refractivity (Wildman–Crippen MR) is 63.7 cm³/mol. The Hall–Kier alpha value is -0.120. The first-order valence-electron chi connectivity index (χ1n) is 6.07. The molecule has 0 heterocycles. The minimum atomic E-state index is -0.325. The highest BCUT2D eigenvalue weighted by atomic mass is 16.3. The second kappa shape index (κ2) is 5.28. The molecule has 1 fully saturated rings. The van der Waals surface area contributed by atoms with Gasteiger partial charge in [-0.3, -0.25) is 0 Å². The van der Waals surface area contributed by atoms with Crippen LogP contribution in [0.4, 0.5) is 0 Å². The summed E-state index contributed by atoms with van der Waals surface area (Å²) in [5, 5.41) is 9.29. The summed E-state index contributed by atoms with van der Waals surface area (Å²) in [6.45, 7) is 5.72. The quantitative estimate of drug-likeness (QED) is 0.739. The lowest BCUT2D eigenvalue weighted by Crippen LogP contribution is -2.52. The Morgan fingerprint density at radius 3 is 2.73 bits per heavy atom. The molecule has 0 spiro atoms. The van der Waals surface area contributed by atoms with Crippen molar-refractivity contribution in [2.45, 2.75) is 51.1 Å². The Kier molecular flexibility index (Phi) is 4.56. The van der Waals surface area contributed by atoms with Crippen molar-refractivity contribution in [1.82, 2.24) is 4.90 Å². The van der Waals surface area contributed by atoms with Gasteiger partial charge in [0.1, 0.15) is 0 Å². The Balaban J connectivity index is 2.48. The molecule has 2 atom stereocenters. The highest BCUT2D eigenvalue weighted by Crippen LogP contribution is 2.28. The molecule has 0 radical (unpaired) electrons. The highest BCUT2D eigenvalue weighted by molar-refractivity contribution is 4.93. The standard InChI is InChI=1S/C12H26N2O/c1-10(2)8-14(3)11-5-4-6-12(13,7-11)9-15/h10-11,15H,4-9,13H2,1-3H3. The molecule has 0 aliphatic heterocycles. The third kappa shape index (κ3) is 3.74. The van der Waals surface area contributed by atoms with Gasteiger partial charge in [-0.2, -0.15) is 0 Å². The van der Waals surface area contributed by atoms with Crippen LogP contribution in [0.25, 0.3) is 0 Å². The SMILES string of the molecule is CC(C)CN(C)C1CCCC(N)(CO)C1. The maximum Gasteiger partial charge on any atom is 0.0611 e. The van der Waals surface area contributed by atoms with Crippen molar-refractivity contribution in [3.63, 3.8) is 0 Å². The van der Waals surface area contributed by atoms with Gasteiger partial charge in [0.15, 0.2) is 0 Å². The van der Waals surface area contributed by atoms with E-state index < -0.39 is 0 Å². The second-order valence-corrected chi connectivity index (χ2v) is 5.60. The van der Waals surface area contributed by atoms with Crippen LogP contribution in [0.5, 0.6) is 0 Å². The normalized spacial score (nSPS) is 32.6. The molecule has 3 nitrogen and oxygen atoms in total. The van der Waals surface area contributed by atoms with E-state index in [4.69, 9.17) is 5.73 Å². The first kappa shape index (κ1) is 12.9. The molecule has 3 N–H and O–H groups in total. The largest absolute Gasteiger partial charge is 0.394 e. The molecule has 1 rings (SSSR count). The first-order chi connectivity index (χ1) is 6.97. The van der Waals surface area contributed by atoms with Gasteiger partial charge in [0.2, 0.25) is 0 Å². The number of aliphatic hydroxyl groups excluding tert-OH is 1. The molecule has 2 unspecified atom stereocenters.